The van der Waals surface area contributed by atoms with Gasteiger partial charge in [-0.05, 0) is 31.0 Å². The molecule has 0 aromatic heterocycles. The highest BCUT2D eigenvalue weighted by Gasteiger charge is 2.51. The van der Waals surface area contributed by atoms with Gasteiger partial charge in [0.15, 0.2) is 0 Å². The molecule has 2 atom stereocenters. The van der Waals surface area contributed by atoms with E-state index >= 15 is 0 Å². The van der Waals surface area contributed by atoms with Gasteiger partial charge >= 0.3 is 0 Å². The third kappa shape index (κ3) is 5.07. The van der Waals surface area contributed by atoms with Crippen molar-refractivity contribution < 1.29 is 8.42 Å². The lowest BCUT2D eigenvalue weighted by atomic mass is 10.2. The second-order valence-electron chi connectivity index (χ2n) is 6.28. The van der Waals surface area contributed by atoms with Gasteiger partial charge in [-0.1, -0.05) is 58.7 Å². The number of aryl methyl sites for hydroxylation is 1. The van der Waals surface area contributed by atoms with Gasteiger partial charge in [0.2, 0.25) is 0 Å². The maximum absolute atomic E-state index is 12.7. The predicted molar refractivity (Wildman–Crippen MR) is 106 cm³/mol. The van der Waals surface area contributed by atoms with E-state index in [1.807, 2.05) is 37.3 Å². The van der Waals surface area contributed by atoms with Crippen LogP contribution in [0, 0.1) is 12.8 Å². The topological polar surface area (TPSA) is 46.5 Å². The van der Waals surface area contributed by atoms with Crippen LogP contribution in [-0.4, -0.2) is 18.5 Å². The molecule has 0 aliphatic heterocycles. The zero-order valence-corrected chi connectivity index (χ0v) is 16.9. The van der Waals surface area contributed by atoms with E-state index in [0.29, 0.717) is 17.9 Å². The number of nitrogens with zero attached hydrogens (tertiary/aromatic N) is 1. The molecule has 1 aliphatic rings. The number of hydrogen-bond donors (Lipinski definition) is 0. The average molecular weight is 416 g/mol. The average Bonchev–Trinajstić information content (AvgIpc) is 3.14. The molecular weight excluding hydrogens is 397 g/mol. The summed E-state index contributed by atoms with van der Waals surface area (Å²) in [6, 6.07) is 16.5. The molecule has 2 aromatic carbocycles. The molecule has 0 amide bonds. The van der Waals surface area contributed by atoms with Crippen LogP contribution < -0.4 is 0 Å². The van der Waals surface area contributed by atoms with Crippen molar-refractivity contribution in [3.8, 4) is 0 Å². The van der Waals surface area contributed by atoms with Gasteiger partial charge in [-0.15, -0.1) is 27.0 Å². The molecule has 0 radical (unpaired) electrons. The van der Waals surface area contributed by atoms with Crippen molar-refractivity contribution in [2.45, 2.75) is 28.3 Å². The second kappa shape index (κ2) is 7.39. The Morgan fingerprint density at radius 3 is 2.28 bits per heavy atom. The Labute approximate surface area is 161 Å². The first-order valence-electron chi connectivity index (χ1n) is 7.90. The Morgan fingerprint density at radius 2 is 1.72 bits per heavy atom. The zero-order chi connectivity index (χ0) is 18.1. The minimum Gasteiger partial charge on any atom is -0.199 e. The predicted octanol–water partition coefficient (Wildman–Crippen LogP) is 4.88. The van der Waals surface area contributed by atoms with E-state index in [2.05, 4.69) is 3.77 Å². The van der Waals surface area contributed by atoms with Crippen molar-refractivity contribution in [3.05, 3.63) is 65.7 Å². The molecule has 7 heteroatoms. The highest BCUT2D eigenvalue weighted by molar-refractivity contribution is 7.99. The van der Waals surface area contributed by atoms with Gasteiger partial charge in [0.05, 0.1) is 4.90 Å². The van der Waals surface area contributed by atoms with Crippen molar-refractivity contribution >= 4 is 43.9 Å². The quantitative estimate of drug-likeness (QED) is 0.630. The number of rotatable bonds is 6. The van der Waals surface area contributed by atoms with E-state index in [9.17, 15) is 8.42 Å². The molecule has 3 nitrogen and oxygen atoms in total. The highest BCUT2D eigenvalue weighted by atomic mass is 35.5. The van der Waals surface area contributed by atoms with Crippen LogP contribution in [0.25, 0.3) is 0 Å². The van der Waals surface area contributed by atoms with Crippen LogP contribution >= 0.6 is 23.2 Å². The first-order chi connectivity index (χ1) is 11.8. The largest absolute Gasteiger partial charge is 0.287 e. The summed E-state index contributed by atoms with van der Waals surface area (Å²) < 4.78 is 28.9. The highest BCUT2D eigenvalue weighted by Crippen LogP contribution is 2.53. The number of alkyl halides is 2. The fourth-order valence-electron chi connectivity index (χ4n) is 2.46. The monoisotopic (exact) mass is 415 g/mol. The maximum atomic E-state index is 12.7. The molecular formula is C18H19Cl2NO2S2. The van der Waals surface area contributed by atoms with Crippen LogP contribution in [0.15, 0.2) is 63.3 Å². The minimum atomic E-state index is -3.70. The summed E-state index contributed by atoms with van der Waals surface area (Å²) >= 11 is 12.3. The van der Waals surface area contributed by atoms with Gasteiger partial charge in [0, 0.05) is 17.4 Å². The van der Waals surface area contributed by atoms with Crippen molar-refractivity contribution in [2.75, 3.05) is 5.75 Å². The molecule has 25 heavy (non-hydrogen) atoms. The first-order valence-corrected chi connectivity index (χ1v) is 11.6. The molecule has 0 bridgehead atoms. The molecule has 1 aliphatic carbocycles. The van der Waals surface area contributed by atoms with E-state index in [1.165, 1.54) is 0 Å². The number of benzene rings is 2. The van der Waals surface area contributed by atoms with Gasteiger partial charge in [-0.2, -0.15) is 8.42 Å². The zero-order valence-electron chi connectivity index (χ0n) is 13.7. The molecule has 134 valence electrons. The third-order valence-electron chi connectivity index (χ3n) is 4.05. The maximum Gasteiger partial charge on any atom is 0.287 e. The van der Waals surface area contributed by atoms with Crippen LogP contribution in [-0.2, 0) is 26.5 Å². The van der Waals surface area contributed by atoms with Crippen molar-refractivity contribution in [1.29, 1.82) is 0 Å². The summed E-state index contributed by atoms with van der Waals surface area (Å²) in [5.41, 5.74) is 2.07. The molecule has 0 spiro atoms. The van der Waals surface area contributed by atoms with Crippen LogP contribution in [0.4, 0.5) is 0 Å². The first kappa shape index (κ1) is 18.9. The lowest BCUT2D eigenvalue weighted by Gasteiger charge is -2.09. The molecule has 1 fully saturated rings. The Morgan fingerprint density at radius 1 is 1.12 bits per heavy atom. The van der Waals surface area contributed by atoms with Crippen molar-refractivity contribution in [2.24, 2.45) is 9.69 Å². The molecule has 0 saturated heterocycles. The molecule has 0 heterocycles. The summed E-state index contributed by atoms with van der Waals surface area (Å²) in [7, 11) is -4.40. The van der Waals surface area contributed by atoms with Crippen LogP contribution in [0.1, 0.15) is 17.5 Å². The van der Waals surface area contributed by atoms with Crippen molar-refractivity contribution in [1.82, 2.24) is 0 Å². The number of sulfonamides is 1. The van der Waals surface area contributed by atoms with Gasteiger partial charge in [-0.25, -0.2) is 0 Å². The standard InChI is InChI=1S/C18H19Cl2NO2S2/c1-14-7-9-17(10-8-14)25(22,23)21-24(13-16-11-18(16,19)20)12-15-5-3-2-4-6-15/h2-10,16H,11-13H2,1H3/t16-,24+/m0/s1. The fourth-order valence-corrected chi connectivity index (χ4v) is 7.12. The Hall–Kier alpha value is -0.880. The lowest BCUT2D eigenvalue weighted by molar-refractivity contribution is 0.598. The Bertz CT molecular complexity index is 879. The van der Waals surface area contributed by atoms with E-state index in [4.69, 9.17) is 23.2 Å². The summed E-state index contributed by atoms with van der Waals surface area (Å²) in [6.45, 7) is 1.92. The Kier molecular flexibility index (Phi) is 5.59. The van der Waals surface area contributed by atoms with Gasteiger partial charge in [0.1, 0.15) is 4.33 Å². The van der Waals surface area contributed by atoms with Gasteiger partial charge in [-0.3, -0.25) is 0 Å². The molecule has 0 unspecified atom stereocenters. The van der Waals surface area contributed by atoms with Crippen LogP contribution in [0.5, 0.6) is 0 Å². The van der Waals surface area contributed by atoms with E-state index < -0.39 is 25.0 Å². The van der Waals surface area contributed by atoms with Gasteiger partial charge in [0.25, 0.3) is 10.0 Å². The summed E-state index contributed by atoms with van der Waals surface area (Å²) in [4.78, 5) is 0.225. The van der Waals surface area contributed by atoms with Crippen LogP contribution in [0.3, 0.4) is 0 Å². The molecule has 0 N–H and O–H groups in total. The van der Waals surface area contributed by atoms with E-state index in [-0.39, 0.29) is 10.8 Å². The second-order valence-corrected chi connectivity index (χ2v) is 11.4. The number of halogens is 2. The normalized spacial score (nSPS) is 20.4. The summed E-state index contributed by atoms with van der Waals surface area (Å²) in [5, 5.41) is 0. The number of hydrogen-bond acceptors (Lipinski definition) is 2. The fraction of sp³-hybridized carbons (Fsp3) is 0.333. The summed E-state index contributed by atoms with van der Waals surface area (Å²) in [5.74, 6) is 1.26. The van der Waals surface area contributed by atoms with Crippen molar-refractivity contribution in [3.63, 3.8) is 0 Å². The molecule has 2 aromatic rings. The molecule has 3 rings (SSSR count). The molecule has 1 saturated carbocycles. The lowest BCUT2D eigenvalue weighted by Crippen LogP contribution is -2.09. The van der Waals surface area contributed by atoms with Gasteiger partial charge < -0.3 is 0 Å². The SMILES string of the molecule is Cc1ccc(S(=O)(=O)N=[S@](Cc2ccccc2)C[C@@H]2CC2(Cl)Cl)cc1. The van der Waals surface area contributed by atoms with E-state index in [0.717, 1.165) is 11.1 Å². The van der Waals surface area contributed by atoms with E-state index in [1.54, 1.807) is 24.3 Å². The third-order valence-corrected chi connectivity index (χ3v) is 8.92. The Balaban J connectivity index is 1.89. The smallest absolute Gasteiger partial charge is 0.199 e. The summed E-state index contributed by atoms with van der Waals surface area (Å²) in [6.07, 6.45) is 0.689. The minimum absolute atomic E-state index is 0.0971. The van der Waals surface area contributed by atoms with Crippen LogP contribution in [0.2, 0.25) is 0 Å².